The molecule has 3 heterocycles. The Labute approximate surface area is 298 Å². The fourth-order valence-electron chi connectivity index (χ4n) is 6.73. The molecule has 0 bridgehead atoms. The first-order valence-electron chi connectivity index (χ1n) is 16.5. The van der Waals surface area contributed by atoms with Crippen LogP contribution in [0.3, 0.4) is 0 Å². The minimum absolute atomic E-state index is 0.629. The first kappa shape index (κ1) is 29.9. The summed E-state index contributed by atoms with van der Waals surface area (Å²) in [5.74, 6) is 0.629. The zero-order valence-corrected chi connectivity index (χ0v) is 28.5. The van der Waals surface area contributed by atoms with E-state index in [2.05, 4.69) is 177 Å². The van der Waals surface area contributed by atoms with Crippen LogP contribution in [0.15, 0.2) is 181 Å². The molecule has 0 unspecified atom stereocenters. The van der Waals surface area contributed by atoms with Crippen molar-refractivity contribution in [1.29, 1.82) is 0 Å². The highest BCUT2D eigenvalue weighted by Crippen LogP contribution is 2.36. The summed E-state index contributed by atoms with van der Waals surface area (Å²) in [4.78, 5) is 14.8. The first-order valence-corrected chi connectivity index (χ1v) is 17.3. The van der Waals surface area contributed by atoms with Crippen LogP contribution in [0, 0.1) is 0 Å². The molecule has 5 heteroatoms. The van der Waals surface area contributed by atoms with Crippen molar-refractivity contribution < 1.29 is 0 Å². The SMILES string of the molecule is Brc1cc(-c2ccc(-c3cccnc3)cc2)cc(-c2cc(-c3ccc(-c4ccccc4)cc3)nc(-n3c4ccccc4c4ccccc43)n2)c1. The van der Waals surface area contributed by atoms with Gasteiger partial charge in [-0.1, -0.05) is 137 Å². The van der Waals surface area contributed by atoms with Crippen molar-refractivity contribution >= 4 is 37.7 Å². The van der Waals surface area contributed by atoms with Crippen LogP contribution in [0.4, 0.5) is 0 Å². The number of aromatic nitrogens is 4. The molecule has 3 aromatic heterocycles. The maximum atomic E-state index is 5.29. The smallest absolute Gasteiger partial charge is 0.235 e. The van der Waals surface area contributed by atoms with Crippen LogP contribution in [0.1, 0.15) is 0 Å². The molecule has 0 N–H and O–H groups in total. The van der Waals surface area contributed by atoms with E-state index >= 15 is 0 Å². The van der Waals surface area contributed by atoms with Crippen molar-refractivity contribution in [3.8, 4) is 61.8 Å². The van der Waals surface area contributed by atoms with Crippen LogP contribution < -0.4 is 0 Å². The molecular formula is C45H29BrN4. The molecule has 50 heavy (non-hydrogen) atoms. The van der Waals surface area contributed by atoms with E-state index < -0.39 is 0 Å². The zero-order chi connectivity index (χ0) is 33.4. The van der Waals surface area contributed by atoms with E-state index in [1.807, 2.05) is 18.3 Å². The number of para-hydroxylation sites is 2. The van der Waals surface area contributed by atoms with Gasteiger partial charge in [0.05, 0.1) is 22.4 Å². The van der Waals surface area contributed by atoms with Gasteiger partial charge in [0.15, 0.2) is 0 Å². The quantitative estimate of drug-likeness (QED) is 0.173. The largest absolute Gasteiger partial charge is 0.278 e. The van der Waals surface area contributed by atoms with Crippen molar-refractivity contribution in [2.24, 2.45) is 0 Å². The van der Waals surface area contributed by atoms with Gasteiger partial charge in [-0.05, 0) is 75.8 Å². The van der Waals surface area contributed by atoms with Crippen LogP contribution in [0.2, 0.25) is 0 Å². The Bertz CT molecular complexity index is 2580. The van der Waals surface area contributed by atoms with Gasteiger partial charge in [-0.15, -0.1) is 0 Å². The van der Waals surface area contributed by atoms with Crippen molar-refractivity contribution in [3.63, 3.8) is 0 Å². The van der Waals surface area contributed by atoms with E-state index in [4.69, 9.17) is 9.97 Å². The number of halogens is 1. The van der Waals surface area contributed by atoms with Gasteiger partial charge in [-0.2, -0.15) is 0 Å². The summed E-state index contributed by atoms with van der Waals surface area (Å²) in [5.41, 5.74) is 12.6. The Morgan fingerprint density at radius 2 is 0.900 bits per heavy atom. The normalized spacial score (nSPS) is 11.3. The highest BCUT2D eigenvalue weighted by molar-refractivity contribution is 9.10. The van der Waals surface area contributed by atoms with Crippen molar-refractivity contribution in [3.05, 3.63) is 181 Å². The summed E-state index contributed by atoms with van der Waals surface area (Å²) in [6, 6.07) is 57.3. The van der Waals surface area contributed by atoms with Gasteiger partial charge in [0.1, 0.15) is 0 Å². The highest BCUT2D eigenvalue weighted by Gasteiger charge is 2.17. The summed E-state index contributed by atoms with van der Waals surface area (Å²) in [6.07, 6.45) is 3.69. The molecule has 236 valence electrons. The number of hydrogen-bond acceptors (Lipinski definition) is 3. The lowest BCUT2D eigenvalue weighted by Gasteiger charge is -2.13. The molecule has 4 nitrogen and oxygen atoms in total. The van der Waals surface area contributed by atoms with Crippen LogP contribution in [0.5, 0.6) is 0 Å². The average Bonchev–Trinajstić information content (AvgIpc) is 3.53. The number of nitrogens with zero attached hydrogens (tertiary/aromatic N) is 4. The minimum Gasteiger partial charge on any atom is -0.278 e. The third-order valence-electron chi connectivity index (χ3n) is 9.19. The van der Waals surface area contributed by atoms with E-state index in [1.165, 1.54) is 16.3 Å². The van der Waals surface area contributed by atoms with Gasteiger partial charge in [0.2, 0.25) is 5.95 Å². The predicted octanol–water partition coefficient (Wildman–Crippen LogP) is 12.1. The number of benzene rings is 6. The number of rotatable bonds is 6. The maximum absolute atomic E-state index is 5.29. The molecule has 0 spiro atoms. The van der Waals surface area contributed by atoms with Crippen LogP contribution in [-0.4, -0.2) is 19.5 Å². The molecule has 0 radical (unpaired) electrons. The fraction of sp³-hybridized carbons (Fsp3) is 0. The molecule has 0 aliphatic carbocycles. The van der Waals surface area contributed by atoms with Gasteiger partial charge < -0.3 is 0 Å². The van der Waals surface area contributed by atoms with Gasteiger partial charge >= 0.3 is 0 Å². The molecule has 0 aliphatic heterocycles. The van der Waals surface area contributed by atoms with Gasteiger partial charge in [0, 0.05) is 38.8 Å². The second-order valence-corrected chi connectivity index (χ2v) is 13.2. The van der Waals surface area contributed by atoms with Gasteiger partial charge in [-0.25, -0.2) is 9.97 Å². The molecule has 0 fully saturated rings. The third-order valence-corrected chi connectivity index (χ3v) is 9.65. The van der Waals surface area contributed by atoms with Gasteiger partial charge in [-0.3, -0.25) is 9.55 Å². The summed E-state index contributed by atoms with van der Waals surface area (Å²) < 4.78 is 3.17. The Hall–Kier alpha value is -6.17. The predicted molar refractivity (Wildman–Crippen MR) is 209 cm³/mol. The maximum Gasteiger partial charge on any atom is 0.235 e. The van der Waals surface area contributed by atoms with E-state index in [9.17, 15) is 0 Å². The lowest BCUT2D eigenvalue weighted by molar-refractivity contribution is 0.995. The lowest BCUT2D eigenvalue weighted by atomic mass is 9.98. The number of hydrogen-bond donors (Lipinski definition) is 0. The Morgan fingerprint density at radius 3 is 1.54 bits per heavy atom. The summed E-state index contributed by atoms with van der Waals surface area (Å²) in [5, 5.41) is 2.34. The summed E-state index contributed by atoms with van der Waals surface area (Å²) in [6.45, 7) is 0. The van der Waals surface area contributed by atoms with Crippen molar-refractivity contribution in [2.75, 3.05) is 0 Å². The van der Waals surface area contributed by atoms with E-state index in [0.29, 0.717) is 5.95 Å². The second-order valence-electron chi connectivity index (χ2n) is 12.3. The standard InChI is InChI=1S/C45H29BrN4/c46-38-26-36(33-18-16-32(17-19-33)35-11-8-24-47-29-35)25-37(27-38)42-28-41(34-22-20-31(21-23-34)30-9-2-1-3-10-30)48-45(49-42)50-43-14-6-4-12-39(43)40-13-5-7-15-44(40)50/h1-29H. The summed E-state index contributed by atoms with van der Waals surface area (Å²) in [7, 11) is 0. The molecule has 0 saturated carbocycles. The Kier molecular flexibility index (Phi) is 7.60. The van der Waals surface area contributed by atoms with Crippen molar-refractivity contribution in [1.82, 2.24) is 19.5 Å². The van der Waals surface area contributed by atoms with Gasteiger partial charge in [0.25, 0.3) is 0 Å². The highest BCUT2D eigenvalue weighted by atomic mass is 79.9. The Balaban J connectivity index is 1.20. The van der Waals surface area contributed by atoms with Crippen LogP contribution >= 0.6 is 15.9 Å². The molecule has 0 aliphatic rings. The van der Waals surface area contributed by atoms with E-state index in [1.54, 1.807) is 6.20 Å². The molecule has 0 saturated heterocycles. The van der Waals surface area contributed by atoms with Crippen LogP contribution in [0.25, 0.3) is 83.6 Å². The molecule has 9 aromatic rings. The third kappa shape index (κ3) is 5.58. The van der Waals surface area contributed by atoms with E-state index in [-0.39, 0.29) is 0 Å². The summed E-state index contributed by atoms with van der Waals surface area (Å²) >= 11 is 3.82. The average molecular weight is 706 g/mol. The molecule has 0 atom stereocenters. The minimum atomic E-state index is 0.629. The zero-order valence-electron chi connectivity index (χ0n) is 26.9. The van der Waals surface area contributed by atoms with Crippen LogP contribution in [-0.2, 0) is 0 Å². The van der Waals surface area contributed by atoms with Crippen molar-refractivity contribution in [2.45, 2.75) is 0 Å². The first-order chi connectivity index (χ1) is 24.7. The fourth-order valence-corrected chi connectivity index (χ4v) is 7.22. The second kappa shape index (κ2) is 12.7. The molecule has 0 amide bonds. The monoisotopic (exact) mass is 704 g/mol. The lowest BCUT2D eigenvalue weighted by Crippen LogP contribution is -2.04. The van der Waals surface area contributed by atoms with E-state index in [0.717, 1.165) is 65.8 Å². The Morgan fingerprint density at radius 1 is 0.400 bits per heavy atom. The molecule has 9 rings (SSSR count). The topological polar surface area (TPSA) is 43.6 Å². The number of fused-ring (bicyclic) bond motifs is 3. The molecular weight excluding hydrogens is 676 g/mol. The number of pyridine rings is 1. The molecule has 6 aromatic carbocycles.